The van der Waals surface area contributed by atoms with E-state index in [1.54, 1.807) is 7.11 Å². The molecule has 3 saturated carbocycles. The van der Waals surface area contributed by atoms with E-state index < -0.39 is 5.60 Å². The molecule has 0 aromatic heterocycles. The minimum absolute atomic E-state index is 0.0672. The number of hydrogen-bond donors (Lipinski definition) is 1. The minimum Gasteiger partial charge on any atom is -0.390 e. The molecule has 0 heterocycles. The summed E-state index contributed by atoms with van der Waals surface area (Å²) in [6.07, 6.45) is 22.9. The monoisotopic (exact) mass is 486 g/mol. The fourth-order valence-corrected chi connectivity index (χ4v) is 9.13. The first-order valence-electron chi connectivity index (χ1n) is 15.2. The molecule has 0 unspecified atom stereocenters. The van der Waals surface area contributed by atoms with E-state index in [0.717, 1.165) is 44.6 Å². The molecule has 0 aromatic rings. The Morgan fingerprint density at radius 2 is 1.51 bits per heavy atom. The Kier molecular flexibility index (Phi) is 8.90. The van der Waals surface area contributed by atoms with E-state index in [9.17, 15) is 9.90 Å². The molecular formula is C32H54O3. The van der Waals surface area contributed by atoms with Crippen LogP contribution < -0.4 is 0 Å². The smallest absolute Gasteiger partial charge is 0.155 e. The highest BCUT2D eigenvalue weighted by molar-refractivity contribution is 5.91. The van der Waals surface area contributed by atoms with Crippen LogP contribution in [0, 0.1) is 34.5 Å². The van der Waals surface area contributed by atoms with Crippen molar-refractivity contribution in [3.05, 3.63) is 11.6 Å². The predicted octanol–water partition coefficient (Wildman–Crippen LogP) is 8.04. The van der Waals surface area contributed by atoms with Crippen molar-refractivity contribution in [3.63, 3.8) is 0 Å². The molecule has 0 saturated heterocycles. The molecule has 4 aliphatic carbocycles. The molecule has 3 heteroatoms. The molecule has 0 aromatic carbocycles. The van der Waals surface area contributed by atoms with Gasteiger partial charge in [-0.3, -0.25) is 4.79 Å². The first-order valence-corrected chi connectivity index (χ1v) is 15.2. The van der Waals surface area contributed by atoms with E-state index in [1.165, 1.54) is 82.6 Å². The van der Waals surface area contributed by atoms with Crippen molar-refractivity contribution in [1.82, 2.24) is 0 Å². The zero-order chi connectivity index (χ0) is 25.1. The van der Waals surface area contributed by atoms with Crippen LogP contribution in [0.15, 0.2) is 11.6 Å². The van der Waals surface area contributed by atoms with Crippen molar-refractivity contribution in [3.8, 4) is 0 Å². The maximum absolute atomic E-state index is 12.4. The third-order valence-electron chi connectivity index (χ3n) is 11.6. The second-order valence-corrected chi connectivity index (χ2v) is 13.5. The molecule has 3 nitrogen and oxygen atoms in total. The van der Waals surface area contributed by atoms with Gasteiger partial charge in [-0.1, -0.05) is 70.8 Å². The number of methoxy groups -OCH3 is 1. The van der Waals surface area contributed by atoms with Crippen molar-refractivity contribution in [2.75, 3.05) is 13.7 Å². The molecule has 35 heavy (non-hydrogen) atoms. The van der Waals surface area contributed by atoms with Crippen LogP contribution in [0.2, 0.25) is 0 Å². The van der Waals surface area contributed by atoms with Crippen molar-refractivity contribution >= 4 is 5.78 Å². The van der Waals surface area contributed by atoms with Crippen LogP contribution in [0.4, 0.5) is 0 Å². The Labute approximate surface area is 215 Å². The van der Waals surface area contributed by atoms with Gasteiger partial charge in [0.1, 0.15) is 0 Å². The van der Waals surface area contributed by atoms with Gasteiger partial charge in [0.2, 0.25) is 0 Å². The number of aliphatic hydroxyl groups is 1. The fraction of sp³-hybridized carbons (Fsp3) is 0.906. The molecule has 0 amide bonds. The number of ketones is 1. The average molecular weight is 487 g/mol. The maximum Gasteiger partial charge on any atom is 0.155 e. The molecule has 200 valence electrons. The van der Waals surface area contributed by atoms with E-state index in [2.05, 4.69) is 26.8 Å². The Balaban J connectivity index is 1.35. The molecule has 4 rings (SSSR count). The first kappa shape index (κ1) is 27.4. The molecule has 0 aliphatic heterocycles. The summed E-state index contributed by atoms with van der Waals surface area (Å²) in [6.45, 7) is 7.93. The second-order valence-electron chi connectivity index (χ2n) is 13.5. The van der Waals surface area contributed by atoms with Gasteiger partial charge in [0.05, 0.1) is 5.60 Å². The zero-order valence-corrected chi connectivity index (χ0v) is 23.4. The third kappa shape index (κ3) is 5.47. The van der Waals surface area contributed by atoms with E-state index in [4.69, 9.17) is 4.74 Å². The molecule has 0 spiro atoms. The summed E-state index contributed by atoms with van der Waals surface area (Å²) in [7, 11) is 1.79. The van der Waals surface area contributed by atoms with Crippen LogP contribution in [0.25, 0.3) is 0 Å². The van der Waals surface area contributed by atoms with Gasteiger partial charge in [0.25, 0.3) is 0 Å². The fourth-order valence-electron chi connectivity index (χ4n) is 9.13. The number of fused-ring (bicyclic) bond motifs is 5. The van der Waals surface area contributed by atoms with Gasteiger partial charge >= 0.3 is 0 Å². The first-order chi connectivity index (χ1) is 16.7. The van der Waals surface area contributed by atoms with Gasteiger partial charge < -0.3 is 9.84 Å². The lowest BCUT2D eigenvalue weighted by Gasteiger charge is -2.61. The van der Waals surface area contributed by atoms with Crippen molar-refractivity contribution < 1.29 is 14.6 Å². The number of unbranched alkanes of at least 4 members (excludes halogenated alkanes) is 8. The van der Waals surface area contributed by atoms with E-state index in [-0.39, 0.29) is 10.8 Å². The number of carbonyl (C=O) groups excluding carboxylic acids is 1. The van der Waals surface area contributed by atoms with Gasteiger partial charge in [-0.25, -0.2) is 0 Å². The molecule has 0 bridgehead atoms. The minimum atomic E-state index is -0.518. The number of ether oxygens (including phenoxy) is 1. The number of rotatable bonds is 12. The van der Waals surface area contributed by atoms with Crippen LogP contribution in [0.5, 0.6) is 0 Å². The summed E-state index contributed by atoms with van der Waals surface area (Å²) in [5.41, 5.74) is 1.25. The average Bonchev–Trinajstić information content (AvgIpc) is 3.07. The Hall–Kier alpha value is -0.670. The van der Waals surface area contributed by atoms with Crippen LogP contribution in [0.3, 0.4) is 0 Å². The molecular weight excluding hydrogens is 432 g/mol. The number of carbonyl (C=O) groups is 1. The number of hydrogen-bond acceptors (Lipinski definition) is 3. The highest BCUT2D eigenvalue weighted by atomic mass is 16.5. The molecule has 0 radical (unpaired) electrons. The predicted molar refractivity (Wildman–Crippen MR) is 144 cm³/mol. The SMILES string of the molecule is COCCCCCCCCCCC[C@@H]1CC2=CC(=O)CC[C@]2(C)[C@H]2CC[C@@]3(C)[C@@H](CC[C@]3(C)O)[C@H]12. The molecule has 7 atom stereocenters. The summed E-state index contributed by atoms with van der Waals surface area (Å²) in [5.74, 6) is 3.14. The van der Waals surface area contributed by atoms with E-state index in [1.807, 2.05) is 0 Å². The highest BCUT2D eigenvalue weighted by Crippen LogP contribution is 2.69. The summed E-state index contributed by atoms with van der Waals surface area (Å²) < 4.78 is 5.14. The Morgan fingerprint density at radius 3 is 2.20 bits per heavy atom. The molecule has 4 aliphatic rings. The highest BCUT2D eigenvalue weighted by Gasteiger charge is 2.64. The third-order valence-corrected chi connectivity index (χ3v) is 11.6. The lowest BCUT2D eigenvalue weighted by atomic mass is 9.44. The van der Waals surface area contributed by atoms with Crippen LogP contribution >= 0.6 is 0 Å². The maximum atomic E-state index is 12.4. The summed E-state index contributed by atoms with van der Waals surface area (Å²) in [5, 5.41) is 11.4. The van der Waals surface area contributed by atoms with E-state index >= 15 is 0 Å². The van der Waals surface area contributed by atoms with Crippen molar-refractivity contribution in [2.24, 2.45) is 34.5 Å². The standard InChI is InChI=1S/C32H54O3/c1-30-18-15-26(33)23-25(30)22-24(14-12-10-8-6-5-7-9-11-13-21-35-4)29-27(30)16-19-31(2)28(29)17-20-32(31,3)34/h23-24,27-29,34H,5-22H2,1-4H3/t24-,27+,28+,29-,30+,31+,32+/m1/s1. The summed E-state index contributed by atoms with van der Waals surface area (Å²) in [4.78, 5) is 12.4. The Bertz CT molecular complexity index is 754. The van der Waals surface area contributed by atoms with Gasteiger partial charge in [0.15, 0.2) is 5.78 Å². The zero-order valence-electron chi connectivity index (χ0n) is 23.4. The molecule has 1 N–H and O–H groups in total. The van der Waals surface area contributed by atoms with Gasteiger partial charge in [-0.15, -0.1) is 0 Å². The van der Waals surface area contributed by atoms with Crippen LogP contribution in [0.1, 0.15) is 130 Å². The normalized spacial score (nSPS) is 40.7. The van der Waals surface area contributed by atoms with Gasteiger partial charge in [0, 0.05) is 20.1 Å². The lowest BCUT2D eigenvalue weighted by Crippen LogP contribution is -2.56. The van der Waals surface area contributed by atoms with Gasteiger partial charge in [-0.05, 0) is 98.9 Å². The summed E-state index contributed by atoms with van der Waals surface area (Å²) >= 11 is 0. The lowest BCUT2D eigenvalue weighted by molar-refractivity contribution is -0.135. The van der Waals surface area contributed by atoms with Crippen LogP contribution in [-0.2, 0) is 9.53 Å². The Morgan fingerprint density at radius 1 is 0.886 bits per heavy atom. The largest absolute Gasteiger partial charge is 0.390 e. The second kappa shape index (κ2) is 11.4. The van der Waals surface area contributed by atoms with Crippen molar-refractivity contribution in [2.45, 2.75) is 136 Å². The topological polar surface area (TPSA) is 46.5 Å². The summed E-state index contributed by atoms with van der Waals surface area (Å²) in [6, 6.07) is 0. The molecule has 3 fully saturated rings. The van der Waals surface area contributed by atoms with E-state index in [0.29, 0.717) is 23.5 Å². The number of allylic oxidation sites excluding steroid dienone is 1. The van der Waals surface area contributed by atoms with Crippen LogP contribution in [-0.4, -0.2) is 30.2 Å². The van der Waals surface area contributed by atoms with Crippen molar-refractivity contribution in [1.29, 1.82) is 0 Å². The quantitative estimate of drug-likeness (QED) is 0.284. The van der Waals surface area contributed by atoms with Gasteiger partial charge in [-0.2, -0.15) is 0 Å².